The maximum absolute atomic E-state index is 7.49. The highest BCUT2D eigenvalue weighted by atomic mass is 32.2. The molecular weight excluding hydrogens is 232 g/mol. The van der Waals surface area contributed by atoms with Gasteiger partial charge in [-0.3, -0.25) is 5.41 Å². The van der Waals surface area contributed by atoms with Gasteiger partial charge < -0.3 is 10.6 Å². The Balaban J connectivity index is 3.01. The van der Waals surface area contributed by atoms with Crippen molar-refractivity contribution in [2.45, 2.75) is 19.9 Å². The first-order valence-corrected chi connectivity index (χ1v) is 6.90. The molecule has 0 aliphatic rings. The SMILES string of the molecule is CSCC(C)N(C)c1cc(C(=N)N)cc(C)n1. The van der Waals surface area contributed by atoms with Crippen LogP contribution in [0.15, 0.2) is 12.1 Å². The van der Waals surface area contributed by atoms with Crippen molar-refractivity contribution in [2.24, 2.45) is 5.73 Å². The van der Waals surface area contributed by atoms with Crippen LogP contribution in [-0.4, -0.2) is 35.9 Å². The molecule has 0 fully saturated rings. The van der Waals surface area contributed by atoms with Gasteiger partial charge in [-0.15, -0.1) is 0 Å². The van der Waals surface area contributed by atoms with E-state index in [0.717, 1.165) is 22.8 Å². The number of nitrogens with zero attached hydrogens (tertiary/aromatic N) is 2. The molecule has 0 radical (unpaired) electrons. The molecule has 94 valence electrons. The van der Waals surface area contributed by atoms with E-state index in [-0.39, 0.29) is 5.84 Å². The molecular formula is C12H20N4S. The minimum absolute atomic E-state index is 0.0858. The highest BCUT2D eigenvalue weighted by Crippen LogP contribution is 2.17. The number of hydrogen-bond acceptors (Lipinski definition) is 4. The molecule has 0 saturated heterocycles. The Kier molecular flexibility index (Phi) is 4.81. The molecule has 1 heterocycles. The molecule has 3 N–H and O–H groups in total. The third kappa shape index (κ3) is 3.63. The van der Waals surface area contributed by atoms with E-state index in [4.69, 9.17) is 11.1 Å². The Morgan fingerprint density at radius 2 is 2.24 bits per heavy atom. The third-order valence-electron chi connectivity index (χ3n) is 2.68. The summed E-state index contributed by atoms with van der Waals surface area (Å²) in [5, 5.41) is 7.49. The molecule has 0 aromatic carbocycles. The number of amidine groups is 1. The van der Waals surface area contributed by atoms with Gasteiger partial charge in [0.15, 0.2) is 0 Å². The van der Waals surface area contributed by atoms with Crippen molar-refractivity contribution in [3.05, 3.63) is 23.4 Å². The lowest BCUT2D eigenvalue weighted by Crippen LogP contribution is -2.32. The van der Waals surface area contributed by atoms with Crippen molar-refractivity contribution in [3.8, 4) is 0 Å². The van der Waals surface area contributed by atoms with E-state index in [1.54, 1.807) is 0 Å². The first kappa shape index (κ1) is 13.8. The van der Waals surface area contributed by atoms with Crippen molar-refractivity contribution in [1.29, 1.82) is 5.41 Å². The molecule has 1 unspecified atom stereocenters. The topological polar surface area (TPSA) is 66.0 Å². The van der Waals surface area contributed by atoms with E-state index in [9.17, 15) is 0 Å². The van der Waals surface area contributed by atoms with Crippen molar-refractivity contribution < 1.29 is 0 Å². The molecule has 1 rings (SSSR count). The fraction of sp³-hybridized carbons (Fsp3) is 0.500. The zero-order valence-electron chi connectivity index (χ0n) is 10.8. The van der Waals surface area contributed by atoms with Crippen LogP contribution in [0.25, 0.3) is 0 Å². The zero-order chi connectivity index (χ0) is 13.0. The van der Waals surface area contributed by atoms with Crippen molar-refractivity contribution in [1.82, 2.24) is 4.98 Å². The van der Waals surface area contributed by atoms with Crippen LogP contribution in [0.5, 0.6) is 0 Å². The number of hydrogen-bond donors (Lipinski definition) is 2. The molecule has 1 atom stereocenters. The Labute approximate surface area is 107 Å². The largest absolute Gasteiger partial charge is 0.384 e. The van der Waals surface area contributed by atoms with Gasteiger partial charge in [0, 0.05) is 30.1 Å². The van der Waals surface area contributed by atoms with Gasteiger partial charge in [-0.25, -0.2) is 4.98 Å². The molecule has 0 saturated carbocycles. The van der Waals surface area contributed by atoms with Crippen LogP contribution in [0.2, 0.25) is 0 Å². The summed E-state index contributed by atoms with van der Waals surface area (Å²) in [7, 11) is 2.02. The number of nitrogens with two attached hydrogens (primary N) is 1. The van der Waals surface area contributed by atoms with Crippen LogP contribution in [0.1, 0.15) is 18.2 Å². The van der Waals surface area contributed by atoms with Gasteiger partial charge in [0.05, 0.1) is 0 Å². The average Bonchev–Trinajstić information content (AvgIpc) is 2.27. The van der Waals surface area contributed by atoms with Gasteiger partial charge >= 0.3 is 0 Å². The Bertz CT molecular complexity index is 405. The molecule has 1 aromatic rings. The number of anilines is 1. The second kappa shape index (κ2) is 5.91. The summed E-state index contributed by atoms with van der Waals surface area (Å²) in [6.07, 6.45) is 2.09. The van der Waals surface area contributed by atoms with E-state index < -0.39 is 0 Å². The number of aromatic nitrogens is 1. The molecule has 0 amide bonds. The van der Waals surface area contributed by atoms with E-state index in [2.05, 4.69) is 23.1 Å². The lowest BCUT2D eigenvalue weighted by Gasteiger charge is -2.26. The van der Waals surface area contributed by atoms with Gasteiger partial charge in [-0.05, 0) is 32.2 Å². The van der Waals surface area contributed by atoms with Crippen LogP contribution >= 0.6 is 11.8 Å². The number of thioether (sulfide) groups is 1. The van der Waals surface area contributed by atoms with Crippen LogP contribution in [0, 0.1) is 12.3 Å². The normalized spacial score (nSPS) is 12.2. The molecule has 4 nitrogen and oxygen atoms in total. The molecule has 17 heavy (non-hydrogen) atoms. The first-order valence-electron chi connectivity index (χ1n) is 5.50. The zero-order valence-corrected chi connectivity index (χ0v) is 11.6. The minimum Gasteiger partial charge on any atom is -0.384 e. The van der Waals surface area contributed by atoms with Crippen LogP contribution in [0.4, 0.5) is 5.82 Å². The second-order valence-electron chi connectivity index (χ2n) is 4.18. The van der Waals surface area contributed by atoms with Gasteiger partial charge in [-0.2, -0.15) is 11.8 Å². The van der Waals surface area contributed by atoms with Crippen molar-refractivity contribution in [2.75, 3.05) is 24.0 Å². The van der Waals surface area contributed by atoms with Gasteiger partial charge in [0.25, 0.3) is 0 Å². The maximum atomic E-state index is 7.49. The maximum Gasteiger partial charge on any atom is 0.129 e. The van der Waals surface area contributed by atoms with E-state index in [1.165, 1.54) is 0 Å². The smallest absolute Gasteiger partial charge is 0.129 e. The Morgan fingerprint density at radius 3 is 2.76 bits per heavy atom. The second-order valence-corrected chi connectivity index (χ2v) is 5.10. The molecule has 0 aliphatic heterocycles. The summed E-state index contributed by atoms with van der Waals surface area (Å²) in [6, 6.07) is 4.10. The van der Waals surface area contributed by atoms with Crippen LogP contribution in [0.3, 0.4) is 0 Å². The summed E-state index contributed by atoms with van der Waals surface area (Å²) in [5.41, 5.74) is 7.14. The summed E-state index contributed by atoms with van der Waals surface area (Å²) >= 11 is 1.81. The fourth-order valence-corrected chi connectivity index (χ4v) is 2.27. The van der Waals surface area contributed by atoms with Crippen LogP contribution < -0.4 is 10.6 Å². The number of nitrogen functional groups attached to an aromatic ring is 1. The van der Waals surface area contributed by atoms with Crippen molar-refractivity contribution >= 4 is 23.4 Å². The summed E-state index contributed by atoms with van der Waals surface area (Å²) in [4.78, 5) is 6.60. The van der Waals surface area contributed by atoms with Gasteiger partial charge in [0.2, 0.25) is 0 Å². The molecule has 0 bridgehead atoms. The average molecular weight is 252 g/mol. The van der Waals surface area contributed by atoms with Crippen molar-refractivity contribution in [3.63, 3.8) is 0 Å². The number of pyridine rings is 1. The van der Waals surface area contributed by atoms with Gasteiger partial charge in [-0.1, -0.05) is 0 Å². The summed E-state index contributed by atoms with van der Waals surface area (Å²) in [6.45, 7) is 4.08. The lowest BCUT2D eigenvalue weighted by molar-refractivity contribution is 0.751. The highest BCUT2D eigenvalue weighted by Gasteiger charge is 2.12. The predicted octanol–water partition coefficient (Wildman–Crippen LogP) is 1.86. The molecule has 0 spiro atoms. The van der Waals surface area contributed by atoms with E-state index in [0.29, 0.717) is 6.04 Å². The van der Waals surface area contributed by atoms with E-state index >= 15 is 0 Å². The number of aryl methyl sites for hydroxylation is 1. The number of nitrogens with one attached hydrogen (secondary N) is 1. The monoisotopic (exact) mass is 252 g/mol. The summed E-state index contributed by atoms with van der Waals surface area (Å²) in [5.74, 6) is 2.00. The quantitative estimate of drug-likeness (QED) is 0.620. The Hall–Kier alpha value is -1.23. The fourth-order valence-electron chi connectivity index (χ4n) is 1.57. The third-order valence-corrected chi connectivity index (χ3v) is 3.50. The van der Waals surface area contributed by atoms with E-state index in [1.807, 2.05) is 37.9 Å². The minimum atomic E-state index is 0.0858. The molecule has 5 heteroatoms. The summed E-state index contributed by atoms with van der Waals surface area (Å²) < 4.78 is 0. The Morgan fingerprint density at radius 1 is 1.59 bits per heavy atom. The van der Waals surface area contributed by atoms with Crippen LogP contribution in [-0.2, 0) is 0 Å². The van der Waals surface area contributed by atoms with Gasteiger partial charge in [0.1, 0.15) is 11.7 Å². The number of rotatable bonds is 5. The molecule has 1 aromatic heterocycles. The molecule has 0 aliphatic carbocycles. The predicted molar refractivity (Wildman–Crippen MR) is 76.2 cm³/mol. The standard InChI is InChI=1S/C12H20N4S/c1-8-5-10(12(13)14)6-11(15-8)16(3)9(2)7-17-4/h5-6,9H,7H2,1-4H3,(H3,13,14). The highest BCUT2D eigenvalue weighted by molar-refractivity contribution is 7.98. The lowest BCUT2D eigenvalue weighted by atomic mass is 10.2. The first-order chi connectivity index (χ1) is 7.95.